The molecule has 1 atom stereocenters. The van der Waals surface area contributed by atoms with Crippen molar-refractivity contribution in [3.8, 4) is 0 Å². The van der Waals surface area contributed by atoms with Gasteiger partial charge in [-0.05, 0) is 42.8 Å². The SMILES string of the molecule is CC[C@H](Sc1ccc(Cl)cc1)C(=O)Nc1ccccc1C(=O)N1CCOCC1. The molecule has 28 heavy (non-hydrogen) atoms. The molecular formula is C21H23ClN2O3S. The van der Waals surface area contributed by atoms with E-state index < -0.39 is 0 Å². The van der Waals surface area contributed by atoms with Gasteiger partial charge in [0.25, 0.3) is 5.91 Å². The van der Waals surface area contributed by atoms with Crippen molar-refractivity contribution >= 4 is 40.9 Å². The highest BCUT2D eigenvalue weighted by molar-refractivity contribution is 8.00. The Hall–Kier alpha value is -2.02. The highest BCUT2D eigenvalue weighted by Gasteiger charge is 2.23. The van der Waals surface area contributed by atoms with Crippen LogP contribution >= 0.6 is 23.4 Å². The first-order valence-electron chi connectivity index (χ1n) is 9.27. The molecule has 0 aromatic heterocycles. The second kappa shape index (κ2) is 9.96. The summed E-state index contributed by atoms with van der Waals surface area (Å²) < 4.78 is 5.32. The van der Waals surface area contributed by atoms with Crippen molar-refractivity contribution < 1.29 is 14.3 Å². The van der Waals surface area contributed by atoms with E-state index in [1.807, 2.05) is 43.3 Å². The minimum atomic E-state index is -0.271. The van der Waals surface area contributed by atoms with Crippen LogP contribution in [0.3, 0.4) is 0 Å². The number of amides is 2. The van der Waals surface area contributed by atoms with Crippen molar-refractivity contribution in [2.75, 3.05) is 31.6 Å². The number of halogens is 1. The molecule has 0 saturated carbocycles. The Morgan fingerprint density at radius 1 is 1.14 bits per heavy atom. The fourth-order valence-corrected chi connectivity index (χ4v) is 4.01. The molecule has 7 heteroatoms. The first-order valence-corrected chi connectivity index (χ1v) is 10.5. The number of rotatable bonds is 6. The van der Waals surface area contributed by atoms with E-state index in [1.54, 1.807) is 17.0 Å². The maximum absolute atomic E-state index is 12.9. The van der Waals surface area contributed by atoms with Crippen LogP contribution < -0.4 is 5.32 Å². The van der Waals surface area contributed by atoms with Crippen LogP contribution in [-0.4, -0.2) is 48.3 Å². The number of hydrogen-bond acceptors (Lipinski definition) is 4. The molecule has 0 aliphatic carbocycles. The summed E-state index contributed by atoms with van der Waals surface area (Å²) in [7, 11) is 0. The highest BCUT2D eigenvalue weighted by atomic mass is 35.5. The summed E-state index contributed by atoms with van der Waals surface area (Å²) >= 11 is 7.42. The molecule has 1 fully saturated rings. The number of benzene rings is 2. The van der Waals surface area contributed by atoms with Crippen LogP contribution in [0.1, 0.15) is 23.7 Å². The molecule has 3 rings (SSSR count). The number of carbonyl (C=O) groups is 2. The molecule has 148 valence electrons. The van der Waals surface area contributed by atoms with Gasteiger partial charge in [0.2, 0.25) is 5.91 Å². The van der Waals surface area contributed by atoms with Crippen LogP contribution in [0.25, 0.3) is 0 Å². The molecule has 2 aromatic carbocycles. The highest BCUT2D eigenvalue weighted by Crippen LogP contribution is 2.28. The maximum atomic E-state index is 12.9. The predicted molar refractivity (Wildman–Crippen MR) is 113 cm³/mol. The Kier molecular flexibility index (Phi) is 7.36. The maximum Gasteiger partial charge on any atom is 0.256 e. The first kappa shape index (κ1) is 20.7. The summed E-state index contributed by atoms with van der Waals surface area (Å²) in [6.07, 6.45) is 0.665. The van der Waals surface area contributed by atoms with Gasteiger partial charge in [-0.15, -0.1) is 11.8 Å². The topological polar surface area (TPSA) is 58.6 Å². The number of ether oxygens (including phenoxy) is 1. The van der Waals surface area contributed by atoms with E-state index >= 15 is 0 Å². The molecule has 2 amide bonds. The van der Waals surface area contributed by atoms with Crippen molar-refractivity contribution in [1.82, 2.24) is 4.90 Å². The molecular weight excluding hydrogens is 396 g/mol. The Balaban J connectivity index is 1.72. The van der Waals surface area contributed by atoms with Gasteiger partial charge in [0.05, 0.1) is 29.7 Å². The molecule has 0 spiro atoms. The summed E-state index contributed by atoms with van der Waals surface area (Å²) in [4.78, 5) is 28.5. The van der Waals surface area contributed by atoms with E-state index in [1.165, 1.54) is 11.8 Å². The normalized spacial score (nSPS) is 15.1. The number of para-hydroxylation sites is 1. The second-order valence-electron chi connectivity index (χ2n) is 6.41. The third kappa shape index (κ3) is 5.28. The number of thioether (sulfide) groups is 1. The minimum absolute atomic E-state index is 0.0856. The fraction of sp³-hybridized carbons (Fsp3) is 0.333. The van der Waals surface area contributed by atoms with Crippen molar-refractivity contribution in [1.29, 1.82) is 0 Å². The van der Waals surface area contributed by atoms with Gasteiger partial charge in [-0.25, -0.2) is 0 Å². The number of nitrogens with zero attached hydrogens (tertiary/aromatic N) is 1. The lowest BCUT2D eigenvalue weighted by atomic mass is 10.1. The molecule has 1 heterocycles. The Bertz CT molecular complexity index is 823. The van der Waals surface area contributed by atoms with E-state index in [-0.39, 0.29) is 17.1 Å². The number of carbonyl (C=O) groups excluding carboxylic acids is 2. The third-order valence-electron chi connectivity index (χ3n) is 4.47. The Labute approximate surface area is 174 Å². The van der Waals surface area contributed by atoms with Gasteiger partial charge in [0.1, 0.15) is 0 Å². The van der Waals surface area contributed by atoms with Gasteiger partial charge >= 0.3 is 0 Å². The lowest BCUT2D eigenvalue weighted by Crippen LogP contribution is -2.41. The van der Waals surface area contributed by atoms with Crippen LogP contribution in [0.2, 0.25) is 5.02 Å². The van der Waals surface area contributed by atoms with Gasteiger partial charge < -0.3 is 15.0 Å². The monoisotopic (exact) mass is 418 g/mol. The molecule has 0 unspecified atom stereocenters. The molecule has 2 aromatic rings. The lowest BCUT2D eigenvalue weighted by Gasteiger charge is -2.27. The number of nitrogens with one attached hydrogen (secondary N) is 1. The first-order chi connectivity index (χ1) is 13.6. The molecule has 5 nitrogen and oxygen atoms in total. The van der Waals surface area contributed by atoms with Gasteiger partial charge in [-0.3, -0.25) is 9.59 Å². The Morgan fingerprint density at radius 2 is 1.82 bits per heavy atom. The zero-order chi connectivity index (χ0) is 19.9. The summed E-state index contributed by atoms with van der Waals surface area (Å²) in [5.41, 5.74) is 1.04. The van der Waals surface area contributed by atoms with Gasteiger partial charge in [-0.2, -0.15) is 0 Å². The van der Waals surface area contributed by atoms with Crippen molar-refractivity contribution in [3.05, 3.63) is 59.1 Å². The molecule has 1 saturated heterocycles. The fourth-order valence-electron chi connectivity index (χ4n) is 2.93. The average Bonchev–Trinajstić information content (AvgIpc) is 2.73. The Morgan fingerprint density at radius 3 is 2.50 bits per heavy atom. The van der Waals surface area contributed by atoms with Crippen molar-refractivity contribution in [3.63, 3.8) is 0 Å². The van der Waals surface area contributed by atoms with Crippen molar-refractivity contribution in [2.45, 2.75) is 23.5 Å². The van der Waals surface area contributed by atoms with Crippen LogP contribution in [0.4, 0.5) is 5.69 Å². The van der Waals surface area contributed by atoms with Crippen LogP contribution in [0.15, 0.2) is 53.4 Å². The van der Waals surface area contributed by atoms with Gasteiger partial charge in [-0.1, -0.05) is 30.7 Å². The number of hydrogen-bond donors (Lipinski definition) is 1. The standard InChI is InChI=1S/C21H23ClN2O3S/c1-2-19(28-16-9-7-15(22)8-10-16)20(25)23-18-6-4-3-5-17(18)21(26)24-11-13-27-14-12-24/h3-10,19H,2,11-14H2,1H3,(H,23,25)/t19-/m0/s1. The third-order valence-corrected chi connectivity index (χ3v) is 6.10. The van der Waals surface area contributed by atoms with Crippen LogP contribution in [0, 0.1) is 0 Å². The zero-order valence-electron chi connectivity index (χ0n) is 15.7. The average molecular weight is 419 g/mol. The predicted octanol–water partition coefficient (Wildman–Crippen LogP) is 4.32. The second-order valence-corrected chi connectivity index (χ2v) is 8.12. The largest absolute Gasteiger partial charge is 0.378 e. The van der Waals surface area contributed by atoms with Crippen LogP contribution in [-0.2, 0) is 9.53 Å². The molecule has 1 aliphatic rings. The zero-order valence-corrected chi connectivity index (χ0v) is 17.3. The number of morpholine rings is 1. The molecule has 0 radical (unpaired) electrons. The van der Waals surface area contributed by atoms with E-state index in [4.69, 9.17) is 16.3 Å². The summed E-state index contributed by atoms with van der Waals surface area (Å²) in [6, 6.07) is 14.6. The van der Waals surface area contributed by atoms with Gasteiger partial charge in [0.15, 0.2) is 0 Å². The number of anilines is 1. The molecule has 1 aliphatic heterocycles. The quantitative estimate of drug-likeness (QED) is 0.709. The van der Waals surface area contributed by atoms with E-state index in [0.717, 1.165) is 4.90 Å². The van der Waals surface area contributed by atoms with E-state index in [9.17, 15) is 9.59 Å². The summed E-state index contributed by atoms with van der Waals surface area (Å²) in [5.74, 6) is -0.206. The molecule has 1 N–H and O–H groups in total. The van der Waals surface area contributed by atoms with E-state index in [2.05, 4.69) is 5.32 Å². The lowest BCUT2D eigenvalue weighted by molar-refractivity contribution is -0.115. The van der Waals surface area contributed by atoms with Gasteiger partial charge in [0, 0.05) is 23.0 Å². The van der Waals surface area contributed by atoms with Crippen LogP contribution in [0.5, 0.6) is 0 Å². The minimum Gasteiger partial charge on any atom is -0.378 e. The smallest absolute Gasteiger partial charge is 0.256 e. The summed E-state index contributed by atoms with van der Waals surface area (Å²) in [6.45, 7) is 4.17. The van der Waals surface area contributed by atoms with E-state index in [0.29, 0.717) is 49.0 Å². The summed E-state index contributed by atoms with van der Waals surface area (Å²) in [5, 5.41) is 3.34. The van der Waals surface area contributed by atoms with Crippen molar-refractivity contribution in [2.24, 2.45) is 0 Å². The molecule has 0 bridgehead atoms.